The molecule has 6 rings (SSSR count). The Bertz CT molecular complexity index is 1240. The summed E-state index contributed by atoms with van der Waals surface area (Å²) in [7, 11) is 0. The molecule has 1 saturated heterocycles. The van der Waals surface area contributed by atoms with Crippen LogP contribution in [0.5, 0.6) is 0 Å². The van der Waals surface area contributed by atoms with Crippen molar-refractivity contribution in [2.24, 2.45) is 17.3 Å². The van der Waals surface area contributed by atoms with Gasteiger partial charge in [-0.1, -0.05) is 6.92 Å². The highest BCUT2D eigenvalue weighted by molar-refractivity contribution is 6.05. The standard InChI is InChI=1S/C23H24N6O2/c1-15-10-27(21(31)23(15,13-24)18-2-3-18)19-4-7-25-28-11-16(8-20(19)28)17-9-26-29(12-17)22(14-30)5-6-22/h4,7-9,11-12,15,18,30H,2-3,5-6,10,14H2,1H3/t15-,23+/m1/s1. The number of aliphatic hydroxyl groups is 1. The van der Waals surface area contributed by atoms with Crippen LogP contribution in [0.4, 0.5) is 5.69 Å². The quantitative estimate of drug-likeness (QED) is 0.689. The van der Waals surface area contributed by atoms with Crippen LogP contribution in [0.25, 0.3) is 16.6 Å². The van der Waals surface area contributed by atoms with Crippen LogP contribution in [0.2, 0.25) is 0 Å². The Morgan fingerprint density at radius 2 is 2.06 bits per heavy atom. The first-order valence-corrected chi connectivity index (χ1v) is 10.9. The van der Waals surface area contributed by atoms with Crippen LogP contribution in [-0.4, -0.2) is 43.6 Å². The molecular weight excluding hydrogens is 392 g/mol. The Morgan fingerprint density at radius 1 is 1.26 bits per heavy atom. The molecule has 2 atom stereocenters. The van der Waals surface area contributed by atoms with Crippen LogP contribution in [0, 0.1) is 28.6 Å². The number of anilines is 1. The third-order valence-electron chi connectivity index (χ3n) is 7.54. The van der Waals surface area contributed by atoms with Gasteiger partial charge in [-0.05, 0) is 43.7 Å². The van der Waals surface area contributed by atoms with Gasteiger partial charge in [0, 0.05) is 42.2 Å². The highest BCUT2D eigenvalue weighted by atomic mass is 16.3. The summed E-state index contributed by atoms with van der Waals surface area (Å²) in [5, 5.41) is 28.5. The summed E-state index contributed by atoms with van der Waals surface area (Å²) in [5.41, 5.74) is 2.37. The van der Waals surface area contributed by atoms with Gasteiger partial charge in [0.25, 0.3) is 0 Å². The lowest BCUT2D eigenvalue weighted by atomic mass is 9.75. The minimum absolute atomic E-state index is 0.00778. The van der Waals surface area contributed by atoms with E-state index in [-0.39, 0.29) is 29.9 Å². The molecular formula is C23H24N6O2. The van der Waals surface area contributed by atoms with E-state index < -0.39 is 5.41 Å². The molecule has 3 aromatic rings. The maximum absolute atomic E-state index is 13.5. The summed E-state index contributed by atoms with van der Waals surface area (Å²) in [6, 6.07) is 6.28. The van der Waals surface area contributed by atoms with Crippen LogP contribution in [-0.2, 0) is 10.3 Å². The van der Waals surface area contributed by atoms with Crippen molar-refractivity contribution in [3.63, 3.8) is 0 Å². The fourth-order valence-corrected chi connectivity index (χ4v) is 5.23. The van der Waals surface area contributed by atoms with Crippen molar-refractivity contribution >= 4 is 17.1 Å². The van der Waals surface area contributed by atoms with Crippen molar-refractivity contribution < 1.29 is 9.90 Å². The van der Waals surface area contributed by atoms with E-state index >= 15 is 0 Å². The van der Waals surface area contributed by atoms with Crippen LogP contribution in [0.3, 0.4) is 0 Å². The number of fused-ring (bicyclic) bond motifs is 1. The fourth-order valence-electron chi connectivity index (χ4n) is 5.23. The average molecular weight is 416 g/mol. The molecule has 1 aliphatic heterocycles. The first-order chi connectivity index (χ1) is 15.0. The Labute approximate surface area is 179 Å². The van der Waals surface area contributed by atoms with Gasteiger partial charge in [-0.3, -0.25) is 9.48 Å². The first kappa shape index (κ1) is 18.6. The molecule has 1 amide bonds. The van der Waals surface area contributed by atoms with Gasteiger partial charge in [-0.25, -0.2) is 4.52 Å². The molecule has 1 N–H and O–H groups in total. The maximum atomic E-state index is 13.5. The van der Waals surface area contributed by atoms with E-state index in [4.69, 9.17) is 0 Å². The van der Waals surface area contributed by atoms with Crippen LogP contribution in [0.15, 0.2) is 36.9 Å². The van der Waals surface area contributed by atoms with Crippen LogP contribution >= 0.6 is 0 Å². The molecule has 3 aliphatic rings. The fraction of sp³-hybridized carbons (Fsp3) is 0.478. The van der Waals surface area contributed by atoms with Gasteiger partial charge in [0.2, 0.25) is 5.91 Å². The molecule has 3 fully saturated rings. The Morgan fingerprint density at radius 3 is 2.74 bits per heavy atom. The topological polar surface area (TPSA) is 99.4 Å². The van der Waals surface area contributed by atoms with Gasteiger partial charge in [0.05, 0.1) is 35.6 Å². The van der Waals surface area contributed by atoms with Gasteiger partial charge >= 0.3 is 0 Å². The summed E-state index contributed by atoms with van der Waals surface area (Å²) in [5.74, 6) is 0.0937. The summed E-state index contributed by atoms with van der Waals surface area (Å²) in [6.45, 7) is 2.65. The minimum atomic E-state index is -0.903. The largest absolute Gasteiger partial charge is 0.394 e. The molecule has 0 spiro atoms. The second-order valence-corrected chi connectivity index (χ2v) is 9.40. The highest BCUT2D eigenvalue weighted by Gasteiger charge is 2.61. The zero-order chi connectivity index (χ0) is 21.4. The van der Waals surface area contributed by atoms with Crippen LogP contribution in [0.1, 0.15) is 32.6 Å². The van der Waals surface area contributed by atoms with Gasteiger partial charge in [0.15, 0.2) is 0 Å². The highest BCUT2D eigenvalue weighted by Crippen LogP contribution is 2.54. The SMILES string of the molecule is C[C@@H]1CN(c2ccnn3cc(-c4cnn(C5(CO)CC5)c4)cc23)C(=O)[C@]1(C#N)C1CC1. The van der Waals surface area contributed by atoms with Gasteiger partial charge < -0.3 is 10.0 Å². The monoisotopic (exact) mass is 416 g/mol. The summed E-state index contributed by atoms with van der Waals surface area (Å²) >= 11 is 0. The molecule has 4 heterocycles. The van der Waals surface area contributed by atoms with E-state index in [1.165, 1.54) is 0 Å². The number of nitriles is 1. The molecule has 0 aromatic carbocycles. The number of carbonyl (C=O) groups excluding carboxylic acids is 1. The minimum Gasteiger partial charge on any atom is -0.394 e. The normalized spacial score (nSPS) is 27.1. The third-order valence-corrected chi connectivity index (χ3v) is 7.54. The summed E-state index contributed by atoms with van der Waals surface area (Å²) < 4.78 is 3.64. The Balaban J connectivity index is 1.39. The molecule has 158 valence electrons. The summed E-state index contributed by atoms with van der Waals surface area (Å²) in [6.07, 6.45) is 11.2. The Hall–Kier alpha value is -3.18. The Kier molecular flexibility index (Phi) is 3.70. The maximum Gasteiger partial charge on any atom is 0.248 e. The number of nitrogens with zero attached hydrogens (tertiary/aromatic N) is 6. The molecule has 3 aromatic heterocycles. The molecule has 31 heavy (non-hydrogen) atoms. The summed E-state index contributed by atoms with van der Waals surface area (Å²) in [4.78, 5) is 15.2. The van der Waals surface area contributed by atoms with Gasteiger partial charge in [-0.2, -0.15) is 15.5 Å². The van der Waals surface area contributed by atoms with Crippen molar-refractivity contribution in [1.29, 1.82) is 5.26 Å². The number of hydrogen-bond donors (Lipinski definition) is 1. The van der Waals surface area contributed by atoms with E-state index in [0.29, 0.717) is 6.54 Å². The molecule has 8 heteroatoms. The van der Waals surface area contributed by atoms with Gasteiger partial charge in [-0.15, -0.1) is 0 Å². The van der Waals surface area contributed by atoms with Crippen molar-refractivity contribution in [1.82, 2.24) is 19.4 Å². The van der Waals surface area contributed by atoms with Crippen molar-refractivity contribution in [3.8, 4) is 17.2 Å². The second kappa shape index (κ2) is 6.17. The predicted molar refractivity (Wildman–Crippen MR) is 113 cm³/mol. The average Bonchev–Trinajstić information content (AvgIpc) is 3.66. The number of carbonyl (C=O) groups is 1. The molecule has 8 nitrogen and oxygen atoms in total. The van der Waals surface area contributed by atoms with Crippen LogP contribution < -0.4 is 4.90 Å². The second-order valence-electron chi connectivity index (χ2n) is 9.40. The van der Waals surface area contributed by atoms with Gasteiger partial charge in [0.1, 0.15) is 5.41 Å². The zero-order valence-corrected chi connectivity index (χ0v) is 17.4. The van der Waals surface area contributed by atoms with Crippen molar-refractivity contribution in [2.75, 3.05) is 18.1 Å². The third kappa shape index (κ3) is 2.47. The van der Waals surface area contributed by atoms with Crippen molar-refractivity contribution in [2.45, 2.75) is 38.1 Å². The van der Waals surface area contributed by atoms with E-state index in [1.807, 2.05) is 36.1 Å². The van der Waals surface area contributed by atoms with E-state index in [9.17, 15) is 15.2 Å². The van der Waals surface area contributed by atoms with E-state index in [1.54, 1.807) is 21.8 Å². The molecule has 2 aliphatic carbocycles. The number of aliphatic hydroxyl groups excluding tert-OH is 1. The number of aromatic nitrogens is 4. The van der Waals surface area contributed by atoms with E-state index in [0.717, 1.165) is 48.0 Å². The van der Waals surface area contributed by atoms with E-state index in [2.05, 4.69) is 16.3 Å². The first-order valence-electron chi connectivity index (χ1n) is 10.9. The lowest BCUT2D eigenvalue weighted by Gasteiger charge is -2.23. The number of rotatable bonds is 5. The smallest absolute Gasteiger partial charge is 0.248 e. The lowest BCUT2D eigenvalue weighted by Crippen LogP contribution is -2.37. The molecule has 0 radical (unpaired) electrons. The predicted octanol–water partition coefficient (Wildman–Crippen LogP) is 2.58. The molecule has 0 bridgehead atoms. The zero-order valence-electron chi connectivity index (χ0n) is 17.4. The number of hydrogen-bond acceptors (Lipinski definition) is 5. The molecule has 0 unspecified atom stereocenters. The van der Waals surface area contributed by atoms with Crippen molar-refractivity contribution in [3.05, 3.63) is 36.9 Å². The molecule has 2 saturated carbocycles. The number of amides is 1. The lowest BCUT2D eigenvalue weighted by molar-refractivity contribution is -0.124.